The first-order chi connectivity index (χ1) is 9.61. The lowest BCUT2D eigenvalue weighted by molar-refractivity contribution is -0.0336. The molecule has 7 nitrogen and oxygen atoms in total. The zero-order chi connectivity index (χ0) is 15.7. The lowest BCUT2D eigenvalue weighted by Crippen LogP contribution is -2.33. The van der Waals surface area contributed by atoms with E-state index in [4.69, 9.17) is 14.9 Å². The van der Waals surface area contributed by atoms with E-state index in [1.807, 2.05) is 20.8 Å². The van der Waals surface area contributed by atoms with E-state index in [1.165, 1.54) is 16.8 Å². The summed E-state index contributed by atoms with van der Waals surface area (Å²) >= 11 is 0. The second-order valence-electron chi connectivity index (χ2n) is 4.06. The Morgan fingerprint density at radius 3 is 2.45 bits per heavy atom. The van der Waals surface area contributed by atoms with E-state index >= 15 is 0 Å². The minimum atomic E-state index is -0.483. The van der Waals surface area contributed by atoms with Gasteiger partial charge in [-0.3, -0.25) is 14.3 Å². The van der Waals surface area contributed by atoms with Crippen LogP contribution in [0.4, 0.5) is 0 Å². The van der Waals surface area contributed by atoms with E-state index < -0.39 is 17.5 Å². The fraction of sp³-hybridized carbons (Fsp3) is 0.692. The van der Waals surface area contributed by atoms with Gasteiger partial charge in [-0.05, 0) is 6.42 Å². The second kappa shape index (κ2) is 9.46. The van der Waals surface area contributed by atoms with Gasteiger partial charge in [-0.2, -0.15) is 0 Å². The summed E-state index contributed by atoms with van der Waals surface area (Å²) in [5.41, 5.74) is -0.909. The van der Waals surface area contributed by atoms with Crippen molar-refractivity contribution in [3.63, 3.8) is 0 Å². The molecule has 0 aromatic carbocycles. The number of aromatic nitrogens is 2. The van der Waals surface area contributed by atoms with Crippen LogP contribution in [0.15, 0.2) is 21.9 Å². The largest absolute Gasteiger partial charge is 0.400 e. The number of hydrogen-bond donors (Lipinski definition) is 3. The van der Waals surface area contributed by atoms with Gasteiger partial charge in [0.1, 0.15) is 6.23 Å². The maximum Gasteiger partial charge on any atom is 0.330 e. The number of ether oxygens (including phenoxy) is 1. The molecule has 0 spiro atoms. The van der Waals surface area contributed by atoms with E-state index in [2.05, 4.69) is 4.98 Å². The van der Waals surface area contributed by atoms with Crippen molar-refractivity contribution in [2.45, 2.75) is 39.5 Å². The fourth-order valence-electron chi connectivity index (χ4n) is 2.00. The number of aliphatic hydroxyl groups is 2. The highest BCUT2D eigenvalue weighted by Gasteiger charge is 2.33. The molecule has 0 amide bonds. The van der Waals surface area contributed by atoms with Gasteiger partial charge in [0.25, 0.3) is 5.56 Å². The molecule has 1 aliphatic heterocycles. The van der Waals surface area contributed by atoms with Crippen molar-refractivity contribution in [2.24, 2.45) is 5.92 Å². The summed E-state index contributed by atoms with van der Waals surface area (Å²) in [4.78, 5) is 24.6. The van der Waals surface area contributed by atoms with Crippen LogP contribution in [-0.4, -0.2) is 39.6 Å². The van der Waals surface area contributed by atoms with Crippen LogP contribution in [0.1, 0.15) is 33.4 Å². The minimum Gasteiger partial charge on any atom is -0.400 e. The molecule has 1 aromatic rings. The molecule has 0 aliphatic carbocycles. The van der Waals surface area contributed by atoms with Crippen molar-refractivity contribution in [1.82, 2.24) is 9.55 Å². The van der Waals surface area contributed by atoms with Crippen molar-refractivity contribution >= 4 is 0 Å². The molecule has 3 unspecified atom stereocenters. The standard InChI is InChI=1S/C10H14N2O4.C2H6.CH4O/c1-6-4-7(5-13)16-9(6)12-3-2-8(14)11-10(12)15;2*1-2/h2-3,6-7,9,13H,4-5H2,1H3,(H,11,14,15);1-2H3;2H,1H3. The topological polar surface area (TPSA) is 105 Å². The smallest absolute Gasteiger partial charge is 0.330 e. The molecular weight excluding hydrogens is 264 g/mol. The molecule has 1 fully saturated rings. The van der Waals surface area contributed by atoms with E-state index in [0.29, 0.717) is 6.42 Å². The molecule has 3 atom stereocenters. The Morgan fingerprint density at radius 2 is 2.00 bits per heavy atom. The molecule has 2 heterocycles. The highest BCUT2D eigenvalue weighted by molar-refractivity contribution is 4.87. The van der Waals surface area contributed by atoms with E-state index in [-0.39, 0.29) is 18.6 Å². The van der Waals surface area contributed by atoms with Crippen LogP contribution in [-0.2, 0) is 4.74 Å². The van der Waals surface area contributed by atoms with Crippen LogP contribution in [0, 0.1) is 5.92 Å². The first kappa shape index (κ1) is 18.6. The molecular formula is C13H24N2O5. The minimum absolute atomic E-state index is 0.0566. The van der Waals surface area contributed by atoms with Crippen LogP contribution >= 0.6 is 0 Å². The first-order valence-electron chi connectivity index (χ1n) is 6.64. The molecule has 1 saturated heterocycles. The lowest BCUT2D eigenvalue weighted by atomic mass is 10.1. The van der Waals surface area contributed by atoms with Crippen molar-refractivity contribution in [3.8, 4) is 0 Å². The summed E-state index contributed by atoms with van der Waals surface area (Å²) in [6, 6.07) is 1.28. The molecule has 0 radical (unpaired) electrons. The van der Waals surface area contributed by atoms with Crippen LogP contribution in [0.25, 0.3) is 0 Å². The highest BCUT2D eigenvalue weighted by Crippen LogP contribution is 2.32. The van der Waals surface area contributed by atoms with Gasteiger partial charge in [0.2, 0.25) is 0 Å². The van der Waals surface area contributed by atoms with Gasteiger partial charge in [-0.1, -0.05) is 20.8 Å². The molecule has 3 N–H and O–H groups in total. The zero-order valence-electron chi connectivity index (χ0n) is 12.4. The Bertz CT molecular complexity index is 482. The Balaban J connectivity index is 0.000000829. The fourth-order valence-corrected chi connectivity index (χ4v) is 2.00. The normalized spacial score (nSPS) is 24.2. The summed E-state index contributed by atoms with van der Waals surface area (Å²) in [6.45, 7) is 5.89. The van der Waals surface area contributed by atoms with E-state index in [1.54, 1.807) is 0 Å². The van der Waals surface area contributed by atoms with Gasteiger partial charge in [-0.25, -0.2) is 4.79 Å². The second-order valence-corrected chi connectivity index (χ2v) is 4.06. The quantitative estimate of drug-likeness (QED) is 0.715. The highest BCUT2D eigenvalue weighted by atomic mass is 16.5. The van der Waals surface area contributed by atoms with E-state index in [9.17, 15) is 9.59 Å². The van der Waals surface area contributed by atoms with Gasteiger partial charge in [0.05, 0.1) is 12.7 Å². The van der Waals surface area contributed by atoms with Gasteiger partial charge in [0.15, 0.2) is 0 Å². The molecule has 20 heavy (non-hydrogen) atoms. The molecule has 116 valence electrons. The molecule has 7 heteroatoms. The van der Waals surface area contributed by atoms with Crippen molar-refractivity contribution in [1.29, 1.82) is 0 Å². The van der Waals surface area contributed by atoms with Crippen molar-refractivity contribution < 1.29 is 14.9 Å². The number of hydrogen-bond acceptors (Lipinski definition) is 5. The Kier molecular flexibility index (Phi) is 8.78. The van der Waals surface area contributed by atoms with Crippen molar-refractivity contribution in [2.75, 3.05) is 13.7 Å². The zero-order valence-corrected chi connectivity index (χ0v) is 12.4. The number of aliphatic hydroxyl groups excluding tert-OH is 2. The third kappa shape index (κ3) is 4.59. The van der Waals surface area contributed by atoms with Crippen molar-refractivity contribution in [3.05, 3.63) is 33.1 Å². The van der Waals surface area contributed by atoms with Gasteiger partial charge < -0.3 is 14.9 Å². The molecule has 2 rings (SSSR count). The van der Waals surface area contributed by atoms with Crippen LogP contribution in [0.2, 0.25) is 0 Å². The summed E-state index contributed by atoms with van der Waals surface area (Å²) in [7, 11) is 1.00. The number of nitrogens with one attached hydrogen (secondary N) is 1. The van der Waals surface area contributed by atoms with Gasteiger partial charge >= 0.3 is 5.69 Å². The molecule has 1 aliphatic rings. The molecule has 1 aromatic heterocycles. The predicted molar refractivity (Wildman–Crippen MR) is 75.6 cm³/mol. The van der Waals surface area contributed by atoms with Crippen LogP contribution < -0.4 is 11.2 Å². The SMILES string of the molecule is CC.CC1CC(CO)OC1n1ccc(=O)[nH]c1=O.CO. The molecule has 0 saturated carbocycles. The average Bonchev–Trinajstić information content (AvgIpc) is 2.84. The van der Waals surface area contributed by atoms with Gasteiger partial charge in [0, 0.05) is 25.3 Å². The third-order valence-corrected chi connectivity index (χ3v) is 2.78. The third-order valence-electron chi connectivity index (χ3n) is 2.78. The lowest BCUT2D eigenvalue weighted by Gasteiger charge is -2.17. The number of H-pyrrole nitrogens is 1. The number of aromatic amines is 1. The number of nitrogens with zero attached hydrogens (tertiary/aromatic N) is 1. The van der Waals surface area contributed by atoms with E-state index in [0.717, 1.165) is 7.11 Å². The predicted octanol–water partition coefficient (Wildman–Crippen LogP) is 0.0872. The molecule has 0 bridgehead atoms. The maximum atomic E-state index is 11.5. The van der Waals surface area contributed by atoms with Gasteiger partial charge in [-0.15, -0.1) is 0 Å². The summed E-state index contributed by atoms with van der Waals surface area (Å²) in [5, 5.41) is 16.0. The summed E-state index contributed by atoms with van der Waals surface area (Å²) in [5.74, 6) is 0.126. The Hall–Kier alpha value is -1.44. The van der Waals surface area contributed by atoms with Crippen LogP contribution in [0.3, 0.4) is 0 Å². The van der Waals surface area contributed by atoms with Crippen LogP contribution in [0.5, 0.6) is 0 Å². The summed E-state index contributed by atoms with van der Waals surface area (Å²) in [6.07, 6.45) is 1.47. The summed E-state index contributed by atoms with van der Waals surface area (Å²) < 4.78 is 6.87. The first-order valence-corrected chi connectivity index (χ1v) is 6.64. The average molecular weight is 288 g/mol. The maximum absolute atomic E-state index is 11.5. The Morgan fingerprint density at radius 1 is 1.40 bits per heavy atom. The Labute approximate surface area is 117 Å². The number of rotatable bonds is 2. The monoisotopic (exact) mass is 288 g/mol.